The van der Waals surface area contributed by atoms with Crippen molar-refractivity contribution in [1.29, 1.82) is 0 Å². The number of carbonyl (C=O) groups is 1. The standard InChI is InChI=1S/C13H16F2N2O/c1-8-4-6-17(7-9(8)2)13(18)10-3-5-16-12(15)11(10)14/h3,5,8-9H,4,6-7H2,1-2H3. The summed E-state index contributed by atoms with van der Waals surface area (Å²) in [5.74, 6) is -1.91. The zero-order valence-corrected chi connectivity index (χ0v) is 10.5. The predicted octanol–water partition coefficient (Wildman–Crippen LogP) is 2.48. The summed E-state index contributed by atoms with van der Waals surface area (Å²) in [7, 11) is 0. The van der Waals surface area contributed by atoms with Gasteiger partial charge >= 0.3 is 0 Å². The van der Waals surface area contributed by atoms with Gasteiger partial charge in [0, 0.05) is 19.3 Å². The molecule has 5 heteroatoms. The summed E-state index contributed by atoms with van der Waals surface area (Å²) in [6, 6.07) is 1.23. The second-order valence-electron chi connectivity index (χ2n) is 4.96. The molecule has 0 aliphatic carbocycles. The molecule has 1 amide bonds. The average molecular weight is 254 g/mol. The first-order chi connectivity index (χ1) is 8.50. The molecule has 1 fully saturated rings. The van der Waals surface area contributed by atoms with Gasteiger partial charge in [0.2, 0.25) is 5.95 Å². The van der Waals surface area contributed by atoms with Gasteiger partial charge in [0.15, 0.2) is 5.82 Å². The molecule has 0 saturated carbocycles. The van der Waals surface area contributed by atoms with Crippen LogP contribution in [-0.2, 0) is 0 Å². The number of halogens is 2. The first-order valence-corrected chi connectivity index (χ1v) is 6.10. The van der Waals surface area contributed by atoms with Crippen LogP contribution in [0.5, 0.6) is 0 Å². The number of pyridine rings is 1. The monoisotopic (exact) mass is 254 g/mol. The van der Waals surface area contributed by atoms with Gasteiger partial charge in [-0.3, -0.25) is 4.79 Å². The Morgan fingerprint density at radius 3 is 2.78 bits per heavy atom. The van der Waals surface area contributed by atoms with Crippen LogP contribution in [-0.4, -0.2) is 28.9 Å². The molecule has 0 N–H and O–H groups in total. The minimum absolute atomic E-state index is 0.232. The third-order valence-electron chi connectivity index (χ3n) is 3.70. The molecule has 1 aliphatic rings. The van der Waals surface area contributed by atoms with E-state index in [-0.39, 0.29) is 5.56 Å². The van der Waals surface area contributed by atoms with Crippen molar-refractivity contribution in [2.45, 2.75) is 20.3 Å². The van der Waals surface area contributed by atoms with Crippen LogP contribution in [0, 0.1) is 23.6 Å². The topological polar surface area (TPSA) is 33.2 Å². The highest BCUT2D eigenvalue weighted by Crippen LogP contribution is 2.24. The number of aromatic nitrogens is 1. The normalized spacial score (nSPS) is 24.1. The van der Waals surface area contributed by atoms with Crippen LogP contribution in [0.2, 0.25) is 0 Å². The van der Waals surface area contributed by atoms with Gasteiger partial charge < -0.3 is 4.90 Å². The lowest BCUT2D eigenvalue weighted by Crippen LogP contribution is -2.42. The largest absolute Gasteiger partial charge is 0.338 e. The van der Waals surface area contributed by atoms with E-state index in [0.29, 0.717) is 24.9 Å². The van der Waals surface area contributed by atoms with Gasteiger partial charge in [-0.05, 0) is 24.3 Å². The highest BCUT2D eigenvalue weighted by atomic mass is 19.2. The van der Waals surface area contributed by atoms with E-state index in [1.54, 1.807) is 4.90 Å². The molecule has 0 bridgehead atoms. The fourth-order valence-corrected chi connectivity index (χ4v) is 2.20. The third-order valence-corrected chi connectivity index (χ3v) is 3.70. The number of piperidine rings is 1. The summed E-state index contributed by atoms with van der Waals surface area (Å²) < 4.78 is 26.5. The lowest BCUT2D eigenvalue weighted by Gasteiger charge is -2.35. The number of carbonyl (C=O) groups excluding carboxylic acids is 1. The molecule has 0 radical (unpaired) electrons. The van der Waals surface area contributed by atoms with Crippen molar-refractivity contribution in [3.8, 4) is 0 Å². The Hall–Kier alpha value is -1.52. The van der Waals surface area contributed by atoms with Crippen LogP contribution in [0.15, 0.2) is 12.3 Å². The molecular formula is C13H16F2N2O. The summed E-state index contributed by atoms with van der Waals surface area (Å²) in [4.78, 5) is 16.9. The number of nitrogens with zero attached hydrogens (tertiary/aromatic N) is 2. The molecule has 2 rings (SSSR count). The van der Waals surface area contributed by atoms with E-state index < -0.39 is 17.7 Å². The number of likely N-dealkylation sites (tertiary alicyclic amines) is 1. The maximum Gasteiger partial charge on any atom is 0.257 e. The van der Waals surface area contributed by atoms with Gasteiger partial charge in [0.1, 0.15) is 0 Å². The molecule has 1 aromatic rings. The van der Waals surface area contributed by atoms with Crippen molar-refractivity contribution in [1.82, 2.24) is 9.88 Å². The zero-order valence-electron chi connectivity index (χ0n) is 10.5. The molecule has 3 nitrogen and oxygen atoms in total. The van der Waals surface area contributed by atoms with Gasteiger partial charge in [-0.25, -0.2) is 9.37 Å². The Balaban J connectivity index is 2.19. The maximum absolute atomic E-state index is 13.5. The van der Waals surface area contributed by atoms with Crippen molar-refractivity contribution in [2.75, 3.05) is 13.1 Å². The molecule has 0 aromatic carbocycles. The number of amides is 1. The zero-order chi connectivity index (χ0) is 13.3. The Bertz CT molecular complexity index is 464. The predicted molar refractivity (Wildman–Crippen MR) is 63.0 cm³/mol. The van der Waals surface area contributed by atoms with Crippen molar-refractivity contribution < 1.29 is 13.6 Å². The van der Waals surface area contributed by atoms with Crippen LogP contribution in [0.25, 0.3) is 0 Å². The first kappa shape index (κ1) is 12.9. The van der Waals surface area contributed by atoms with E-state index in [4.69, 9.17) is 0 Å². The smallest absolute Gasteiger partial charge is 0.257 e. The second-order valence-corrected chi connectivity index (χ2v) is 4.96. The van der Waals surface area contributed by atoms with Crippen LogP contribution in [0.3, 0.4) is 0 Å². The SMILES string of the molecule is CC1CCN(C(=O)c2ccnc(F)c2F)CC1C. The fourth-order valence-electron chi connectivity index (χ4n) is 2.20. The molecular weight excluding hydrogens is 238 g/mol. The molecule has 98 valence electrons. The number of hydrogen-bond acceptors (Lipinski definition) is 2. The summed E-state index contributed by atoms with van der Waals surface area (Å²) in [6.45, 7) is 5.38. The molecule has 1 aromatic heterocycles. The summed E-state index contributed by atoms with van der Waals surface area (Å²) in [6.07, 6.45) is 2.00. The van der Waals surface area contributed by atoms with E-state index in [2.05, 4.69) is 18.8 Å². The minimum atomic E-state index is -1.22. The minimum Gasteiger partial charge on any atom is -0.338 e. The molecule has 1 saturated heterocycles. The summed E-state index contributed by atoms with van der Waals surface area (Å²) in [5.41, 5.74) is -0.232. The average Bonchev–Trinajstić information content (AvgIpc) is 2.35. The molecule has 1 aliphatic heterocycles. The Morgan fingerprint density at radius 2 is 2.11 bits per heavy atom. The Labute approximate surface area is 105 Å². The van der Waals surface area contributed by atoms with Crippen LogP contribution >= 0.6 is 0 Å². The van der Waals surface area contributed by atoms with E-state index in [1.165, 1.54) is 6.07 Å². The lowest BCUT2D eigenvalue weighted by atomic mass is 9.88. The van der Waals surface area contributed by atoms with Gasteiger partial charge in [0.25, 0.3) is 5.91 Å². The van der Waals surface area contributed by atoms with Gasteiger partial charge in [-0.1, -0.05) is 13.8 Å². The highest BCUT2D eigenvalue weighted by molar-refractivity contribution is 5.94. The van der Waals surface area contributed by atoms with E-state index in [1.807, 2.05) is 0 Å². The first-order valence-electron chi connectivity index (χ1n) is 6.10. The quantitative estimate of drug-likeness (QED) is 0.721. The van der Waals surface area contributed by atoms with E-state index in [0.717, 1.165) is 12.6 Å². The number of hydrogen-bond donors (Lipinski definition) is 0. The third kappa shape index (κ3) is 2.35. The maximum atomic E-state index is 13.5. The number of rotatable bonds is 1. The fraction of sp³-hybridized carbons (Fsp3) is 0.538. The van der Waals surface area contributed by atoms with Gasteiger partial charge in [-0.15, -0.1) is 0 Å². The molecule has 2 unspecified atom stereocenters. The van der Waals surface area contributed by atoms with E-state index >= 15 is 0 Å². The van der Waals surface area contributed by atoms with Crippen LogP contribution < -0.4 is 0 Å². The van der Waals surface area contributed by atoms with Crippen molar-refractivity contribution >= 4 is 5.91 Å². The highest BCUT2D eigenvalue weighted by Gasteiger charge is 2.28. The van der Waals surface area contributed by atoms with Gasteiger partial charge in [-0.2, -0.15) is 4.39 Å². The Morgan fingerprint density at radius 1 is 1.39 bits per heavy atom. The van der Waals surface area contributed by atoms with E-state index in [9.17, 15) is 13.6 Å². The summed E-state index contributed by atoms with van der Waals surface area (Å²) >= 11 is 0. The van der Waals surface area contributed by atoms with Crippen molar-refractivity contribution in [3.05, 3.63) is 29.6 Å². The van der Waals surface area contributed by atoms with Crippen molar-refractivity contribution in [2.24, 2.45) is 11.8 Å². The van der Waals surface area contributed by atoms with Gasteiger partial charge in [0.05, 0.1) is 5.56 Å². The van der Waals surface area contributed by atoms with Crippen LogP contribution in [0.4, 0.5) is 8.78 Å². The molecule has 0 spiro atoms. The molecule has 2 atom stereocenters. The Kier molecular flexibility index (Phi) is 3.59. The van der Waals surface area contributed by atoms with Crippen LogP contribution in [0.1, 0.15) is 30.6 Å². The van der Waals surface area contributed by atoms with Crippen molar-refractivity contribution in [3.63, 3.8) is 0 Å². The molecule has 2 heterocycles. The molecule has 18 heavy (non-hydrogen) atoms. The second kappa shape index (κ2) is 5.00. The summed E-state index contributed by atoms with van der Waals surface area (Å²) in [5, 5.41) is 0. The lowest BCUT2D eigenvalue weighted by molar-refractivity contribution is 0.0621.